The number of esters is 1. The first-order chi connectivity index (χ1) is 12.3. The van der Waals surface area contributed by atoms with Crippen molar-refractivity contribution in [2.45, 2.75) is 11.8 Å². The van der Waals surface area contributed by atoms with Crippen LogP contribution >= 0.6 is 0 Å². The van der Waals surface area contributed by atoms with Crippen LogP contribution in [0.1, 0.15) is 17.3 Å². The molecule has 2 rings (SSSR count). The molecule has 2 aromatic carbocycles. The van der Waals surface area contributed by atoms with E-state index < -0.39 is 26.5 Å². The number of carbonyl (C=O) groups is 2. The summed E-state index contributed by atoms with van der Waals surface area (Å²) in [5, 5.41) is 0. The minimum Gasteiger partial charge on any atom is -0.481 e. The number of aldehydes is 1. The van der Waals surface area contributed by atoms with Gasteiger partial charge in [0.25, 0.3) is 0 Å². The van der Waals surface area contributed by atoms with Gasteiger partial charge in [-0.05, 0) is 42.8 Å². The molecule has 0 atom stereocenters. The lowest BCUT2D eigenvalue weighted by atomic mass is 10.0. The van der Waals surface area contributed by atoms with Crippen molar-refractivity contribution >= 4 is 22.1 Å². The maximum atomic E-state index is 13.8. The minimum absolute atomic E-state index is 0.203. The monoisotopic (exact) mass is 380 g/mol. The predicted molar refractivity (Wildman–Crippen MR) is 92.5 cm³/mol. The van der Waals surface area contributed by atoms with Crippen molar-refractivity contribution in [1.29, 1.82) is 0 Å². The summed E-state index contributed by atoms with van der Waals surface area (Å²) in [6, 6.07) is 7.97. The molecule has 0 heterocycles. The zero-order chi connectivity index (χ0) is 19.3. The standard InChI is InChI=1S/C18H17FO6S/c1-3-24-18(21)11-25-16-7-4-12(10-20)8-14(16)13-5-6-15(19)17(9-13)26(2,22)23/h4-10H,3,11H2,1-2H3. The molecular formula is C18H17FO6S. The van der Waals surface area contributed by atoms with Gasteiger partial charge in [-0.25, -0.2) is 17.6 Å². The van der Waals surface area contributed by atoms with Crippen LogP contribution in [0.25, 0.3) is 11.1 Å². The number of hydrogen-bond donors (Lipinski definition) is 0. The zero-order valence-corrected chi connectivity index (χ0v) is 15.0. The van der Waals surface area contributed by atoms with Crippen LogP contribution in [0.2, 0.25) is 0 Å². The Bertz CT molecular complexity index is 937. The largest absolute Gasteiger partial charge is 0.481 e. The van der Waals surface area contributed by atoms with E-state index in [1.54, 1.807) is 6.92 Å². The lowest BCUT2D eigenvalue weighted by Gasteiger charge is -2.13. The Hall–Kier alpha value is -2.74. The molecule has 138 valence electrons. The highest BCUT2D eigenvalue weighted by atomic mass is 32.2. The van der Waals surface area contributed by atoms with E-state index in [4.69, 9.17) is 9.47 Å². The first-order valence-electron chi connectivity index (χ1n) is 7.64. The van der Waals surface area contributed by atoms with Gasteiger partial charge in [0.1, 0.15) is 22.7 Å². The lowest BCUT2D eigenvalue weighted by molar-refractivity contribution is -0.145. The Morgan fingerprint density at radius 1 is 1.19 bits per heavy atom. The molecule has 0 aromatic heterocycles. The third-order valence-electron chi connectivity index (χ3n) is 3.43. The topological polar surface area (TPSA) is 86.7 Å². The Morgan fingerprint density at radius 2 is 1.92 bits per heavy atom. The third kappa shape index (κ3) is 4.66. The van der Waals surface area contributed by atoms with Gasteiger partial charge in [-0.3, -0.25) is 4.79 Å². The molecule has 0 radical (unpaired) electrons. The van der Waals surface area contributed by atoms with E-state index in [1.807, 2.05) is 0 Å². The maximum absolute atomic E-state index is 13.8. The van der Waals surface area contributed by atoms with E-state index in [2.05, 4.69) is 0 Å². The Balaban J connectivity index is 2.50. The molecule has 0 spiro atoms. The number of benzene rings is 2. The molecule has 0 saturated heterocycles. The van der Waals surface area contributed by atoms with Crippen LogP contribution in [0.4, 0.5) is 4.39 Å². The predicted octanol–water partition coefficient (Wildman–Crippen LogP) is 2.65. The molecule has 0 bridgehead atoms. The van der Waals surface area contributed by atoms with Gasteiger partial charge in [-0.15, -0.1) is 0 Å². The molecule has 0 amide bonds. The van der Waals surface area contributed by atoms with Crippen LogP contribution < -0.4 is 4.74 Å². The van der Waals surface area contributed by atoms with E-state index >= 15 is 0 Å². The summed E-state index contributed by atoms with van der Waals surface area (Å²) in [5.41, 5.74) is 0.992. The molecule has 26 heavy (non-hydrogen) atoms. The molecule has 8 heteroatoms. The molecule has 0 unspecified atom stereocenters. The van der Waals surface area contributed by atoms with E-state index in [0.29, 0.717) is 23.0 Å². The van der Waals surface area contributed by atoms with Crippen LogP contribution in [-0.4, -0.2) is 40.1 Å². The van der Waals surface area contributed by atoms with Crippen molar-refractivity contribution in [3.63, 3.8) is 0 Å². The molecule has 0 fully saturated rings. The van der Waals surface area contributed by atoms with Crippen molar-refractivity contribution in [3.05, 3.63) is 47.8 Å². The van der Waals surface area contributed by atoms with E-state index in [1.165, 1.54) is 24.3 Å². The van der Waals surface area contributed by atoms with Gasteiger partial charge in [-0.2, -0.15) is 0 Å². The van der Waals surface area contributed by atoms with Crippen LogP contribution in [-0.2, 0) is 19.4 Å². The van der Waals surface area contributed by atoms with Gasteiger partial charge in [0.15, 0.2) is 16.4 Å². The van der Waals surface area contributed by atoms with E-state index in [9.17, 15) is 22.4 Å². The summed E-state index contributed by atoms with van der Waals surface area (Å²) >= 11 is 0. The highest BCUT2D eigenvalue weighted by Gasteiger charge is 2.17. The molecule has 0 aliphatic rings. The SMILES string of the molecule is CCOC(=O)COc1ccc(C=O)cc1-c1ccc(F)c(S(C)(=O)=O)c1. The minimum atomic E-state index is -3.79. The van der Waals surface area contributed by atoms with Crippen LogP contribution in [0, 0.1) is 5.82 Å². The van der Waals surface area contributed by atoms with E-state index in [0.717, 1.165) is 18.4 Å². The average molecular weight is 380 g/mol. The first-order valence-corrected chi connectivity index (χ1v) is 9.53. The highest BCUT2D eigenvalue weighted by Crippen LogP contribution is 2.33. The second kappa shape index (κ2) is 8.09. The number of hydrogen-bond acceptors (Lipinski definition) is 6. The van der Waals surface area contributed by atoms with Crippen LogP contribution in [0.3, 0.4) is 0 Å². The molecule has 2 aromatic rings. The van der Waals surface area contributed by atoms with Crippen molar-refractivity contribution in [3.8, 4) is 16.9 Å². The normalized spacial score (nSPS) is 11.0. The fourth-order valence-electron chi connectivity index (χ4n) is 2.27. The number of sulfone groups is 1. The molecule has 0 aliphatic heterocycles. The Labute approximate surface area is 150 Å². The summed E-state index contributed by atoms with van der Waals surface area (Å²) in [6.45, 7) is 1.50. The molecule has 0 saturated carbocycles. The van der Waals surface area contributed by atoms with Crippen LogP contribution in [0.15, 0.2) is 41.3 Å². The lowest BCUT2D eigenvalue weighted by Crippen LogP contribution is -2.15. The summed E-state index contributed by atoms with van der Waals surface area (Å²) in [5.74, 6) is -1.22. The molecule has 0 N–H and O–H groups in total. The number of carbonyl (C=O) groups excluding carboxylic acids is 2. The summed E-state index contributed by atoms with van der Waals surface area (Å²) < 4.78 is 47.5. The van der Waals surface area contributed by atoms with Crippen molar-refractivity contribution < 1.29 is 31.9 Å². The van der Waals surface area contributed by atoms with Gasteiger partial charge in [-0.1, -0.05) is 6.07 Å². The second-order valence-electron chi connectivity index (χ2n) is 5.38. The molecule has 6 nitrogen and oxygen atoms in total. The zero-order valence-electron chi connectivity index (χ0n) is 14.2. The first kappa shape index (κ1) is 19.6. The Morgan fingerprint density at radius 3 is 2.54 bits per heavy atom. The summed E-state index contributed by atoms with van der Waals surface area (Å²) in [4.78, 5) is 22.1. The van der Waals surface area contributed by atoms with Crippen molar-refractivity contribution in [2.24, 2.45) is 0 Å². The van der Waals surface area contributed by atoms with Gasteiger partial charge in [0.05, 0.1) is 6.61 Å². The number of ether oxygens (including phenoxy) is 2. The Kier molecular flexibility index (Phi) is 6.10. The molecular weight excluding hydrogens is 363 g/mol. The maximum Gasteiger partial charge on any atom is 0.344 e. The highest BCUT2D eigenvalue weighted by molar-refractivity contribution is 7.90. The van der Waals surface area contributed by atoms with Gasteiger partial charge < -0.3 is 9.47 Å². The fourth-order valence-corrected chi connectivity index (χ4v) is 3.03. The quantitative estimate of drug-likeness (QED) is 0.542. The van der Waals surface area contributed by atoms with Crippen molar-refractivity contribution in [1.82, 2.24) is 0 Å². The fraction of sp³-hybridized carbons (Fsp3) is 0.222. The number of rotatable bonds is 7. The summed E-state index contributed by atoms with van der Waals surface area (Å²) in [6.07, 6.45) is 1.51. The third-order valence-corrected chi connectivity index (χ3v) is 4.54. The van der Waals surface area contributed by atoms with Crippen molar-refractivity contribution in [2.75, 3.05) is 19.5 Å². The van der Waals surface area contributed by atoms with Gasteiger partial charge in [0.2, 0.25) is 0 Å². The summed E-state index contributed by atoms with van der Waals surface area (Å²) in [7, 11) is -3.79. The second-order valence-corrected chi connectivity index (χ2v) is 7.37. The molecule has 0 aliphatic carbocycles. The average Bonchev–Trinajstić information content (AvgIpc) is 2.59. The van der Waals surface area contributed by atoms with E-state index in [-0.39, 0.29) is 19.0 Å². The van der Waals surface area contributed by atoms with Crippen LogP contribution in [0.5, 0.6) is 5.75 Å². The smallest absolute Gasteiger partial charge is 0.344 e. The van der Waals surface area contributed by atoms with Gasteiger partial charge in [0, 0.05) is 17.4 Å². The van der Waals surface area contributed by atoms with Gasteiger partial charge >= 0.3 is 5.97 Å². The number of halogens is 1.